The van der Waals surface area contributed by atoms with Crippen molar-refractivity contribution in [3.05, 3.63) is 35.4 Å². The van der Waals surface area contributed by atoms with E-state index in [0.717, 1.165) is 0 Å². The van der Waals surface area contributed by atoms with Crippen LogP contribution >= 0.6 is 11.1 Å². The summed E-state index contributed by atoms with van der Waals surface area (Å²) in [5, 5.41) is 0. The van der Waals surface area contributed by atoms with Gasteiger partial charge < -0.3 is 0 Å². The van der Waals surface area contributed by atoms with E-state index in [1.165, 1.54) is 35.7 Å². The molecule has 0 aliphatic carbocycles. The number of halogens is 1. The predicted molar refractivity (Wildman–Crippen MR) is 60.7 cm³/mol. The van der Waals surface area contributed by atoms with Gasteiger partial charge in [-0.15, -0.1) is 0 Å². The van der Waals surface area contributed by atoms with Crippen LogP contribution in [0.15, 0.2) is 24.3 Å². The van der Waals surface area contributed by atoms with E-state index in [9.17, 15) is 0 Å². The van der Waals surface area contributed by atoms with Gasteiger partial charge in [-0.05, 0) is 36.2 Å². The summed E-state index contributed by atoms with van der Waals surface area (Å²) < 4.78 is 0. The van der Waals surface area contributed by atoms with Gasteiger partial charge >= 0.3 is 0 Å². The molecule has 2 heteroatoms. The van der Waals surface area contributed by atoms with Crippen molar-refractivity contribution < 1.29 is 0 Å². The number of rotatable bonds is 2. The normalized spacial score (nSPS) is 19.5. The van der Waals surface area contributed by atoms with E-state index < -0.39 is 7.38 Å². The summed E-state index contributed by atoms with van der Waals surface area (Å²) in [4.78, 5) is 0. The average Bonchev–Trinajstić information content (AvgIpc) is 2.06. The van der Waals surface area contributed by atoms with Crippen molar-refractivity contribution in [3.8, 4) is 0 Å². The molecule has 70 valence electrons. The van der Waals surface area contributed by atoms with Crippen LogP contribution in [0, 0.1) is 6.92 Å². The molecule has 1 aromatic rings. The van der Waals surface area contributed by atoms with E-state index in [1.807, 2.05) is 0 Å². The number of benzene rings is 1. The Morgan fingerprint density at radius 1 is 1.31 bits per heavy atom. The number of hydrogen-bond donors (Lipinski definition) is 0. The van der Waals surface area contributed by atoms with Crippen LogP contribution in [0.3, 0.4) is 0 Å². The lowest BCUT2D eigenvalue weighted by Crippen LogP contribution is -2.38. The second kappa shape index (κ2) is 3.47. The molecule has 1 saturated heterocycles. The highest BCUT2D eigenvalue weighted by molar-refractivity contribution is 7.21. The fourth-order valence-corrected chi connectivity index (χ4v) is 5.67. The van der Waals surface area contributed by atoms with Crippen molar-refractivity contribution >= 4 is 18.5 Å². The van der Waals surface area contributed by atoms with E-state index in [0.29, 0.717) is 0 Å². The molecule has 0 amide bonds. The molecule has 0 unspecified atom stereocenters. The molecule has 2 rings (SSSR count). The van der Waals surface area contributed by atoms with Crippen molar-refractivity contribution in [2.75, 3.05) is 0 Å². The Morgan fingerprint density at radius 3 is 2.54 bits per heavy atom. The molecule has 0 radical (unpaired) electrons. The van der Waals surface area contributed by atoms with Crippen molar-refractivity contribution in [1.82, 2.24) is 0 Å². The highest BCUT2D eigenvalue weighted by Gasteiger charge is 2.37. The van der Waals surface area contributed by atoms with Crippen LogP contribution in [-0.2, 0) is 6.04 Å². The lowest BCUT2D eigenvalue weighted by atomic mass is 10.1. The van der Waals surface area contributed by atoms with Crippen LogP contribution in [-0.4, -0.2) is 7.38 Å². The van der Waals surface area contributed by atoms with Gasteiger partial charge in [0.05, 0.1) is 0 Å². The van der Waals surface area contributed by atoms with E-state index in [2.05, 4.69) is 31.2 Å². The zero-order valence-electron chi connectivity index (χ0n) is 8.02. The summed E-state index contributed by atoms with van der Waals surface area (Å²) in [6.07, 6.45) is 1.36. The molecule has 0 spiro atoms. The molecule has 0 bridgehead atoms. The average molecular weight is 211 g/mol. The Hall–Kier alpha value is -0.273. The lowest BCUT2D eigenvalue weighted by molar-refractivity contribution is 0.904. The van der Waals surface area contributed by atoms with Crippen LogP contribution in [0.4, 0.5) is 0 Å². The lowest BCUT2D eigenvalue weighted by Gasteiger charge is -2.33. The largest absolute Gasteiger partial charge is 0.167 e. The monoisotopic (exact) mass is 210 g/mol. The van der Waals surface area contributed by atoms with Crippen LogP contribution < -0.4 is 0 Å². The zero-order valence-corrected chi connectivity index (χ0v) is 9.77. The quantitative estimate of drug-likeness (QED) is 0.516. The van der Waals surface area contributed by atoms with Gasteiger partial charge in [0.2, 0.25) is 0 Å². The molecular formula is C11H15ClSi. The molecule has 0 saturated carbocycles. The Morgan fingerprint density at radius 2 is 2.00 bits per heavy atom. The van der Waals surface area contributed by atoms with E-state index >= 15 is 0 Å². The van der Waals surface area contributed by atoms with Crippen LogP contribution in [0.25, 0.3) is 0 Å². The maximum atomic E-state index is 6.55. The molecule has 1 aliphatic rings. The van der Waals surface area contributed by atoms with Gasteiger partial charge in [-0.1, -0.05) is 30.7 Å². The number of hydrogen-bond acceptors (Lipinski definition) is 0. The third-order valence-electron chi connectivity index (χ3n) is 3.02. The van der Waals surface area contributed by atoms with Crippen LogP contribution in [0.5, 0.6) is 0 Å². The van der Waals surface area contributed by atoms with Crippen molar-refractivity contribution in [2.24, 2.45) is 0 Å². The molecule has 0 nitrogen and oxygen atoms in total. The summed E-state index contributed by atoms with van der Waals surface area (Å²) in [5.74, 6) is 0. The molecule has 1 aromatic carbocycles. The molecule has 1 fully saturated rings. The molecule has 1 aliphatic heterocycles. The first-order valence-electron chi connectivity index (χ1n) is 4.93. The predicted octanol–water partition coefficient (Wildman–Crippen LogP) is 3.66. The Kier molecular flexibility index (Phi) is 2.48. The van der Waals surface area contributed by atoms with Gasteiger partial charge in [0, 0.05) is 0 Å². The summed E-state index contributed by atoms with van der Waals surface area (Å²) in [7, 11) is -1.30. The minimum atomic E-state index is -1.30. The highest BCUT2D eigenvalue weighted by Crippen LogP contribution is 2.38. The molecule has 0 N–H and O–H groups in total. The second-order valence-electron chi connectivity index (χ2n) is 4.11. The molecule has 0 aromatic heterocycles. The van der Waals surface area contributed by atoms with Gasteiger partial charge in [0.15, 0.2) is 7.38 Å². The Labute approximate surface area is 85.6 Å². The summed E-state index contributed by atoms with van der Waals surface area (Å²) in [6, 6.07) is 12.5. The topological polar surface area (TPSA) is 0 Å². The fourth-order valence-electron chi connectivity index (χ4n) is 1.89. The Bertz CT molecular complexity index is 305. The van der Waals surface area contributed by atoms with E-state index in [1.54, 1.807) is 0 Å². The van der Waals surface area contributed by atoms with Crippen molar-refractivity contribution in [3.63, 3.8) is 0 Å². The van der Waals surface area contributed by atoms with Gasteiger partial charge in [-0.3, -0.25) is 0 Å². The molecule has 1 heterocycles. The SMILES string of the molecule is Cc1ccccc1C[Si]1(Cl)CCC1. The third kappa shape index (κ3) is 1.97. The maximum Gasteiger partial charge on any atom is 0.160 e. The number of aryl methyl sites for hydroxylation is 1. The first kappa shape index (κ1) is 9.29. The summed E-state index contributed by atoms with van der Waals surface area (Å²) in [6.45, 7) is 2.18. The Balaban J connectivity index is 2.13. The summed E-state index contributed by atoms with van der Waals surface area (Å²) in [5.41, 5.74) is 2.88. The highest BCUT2D eigenvalue weighted by atomic mass is 35.6. The van der Waals surface area contributed by atoms with Crippen molar-refractivity contribution in [1.29, 1.82) is 0 Å². The first-order valence-corrected chi connectivity index (χ1v) is 8.56. The fraction of sp³-hybridized carbons (Fsp3) is 0.455. The van der Waals surface area contributed by atoms with Crippen molar-refractivity contribution in [2.45, 2.75) is 31.5 Å². The second-order valence-corrected chi connectivity index (χ2v) is 10.2. The smallest absolute Gasteiger partial charge is 0.160 e. The minimum absolute atomic E-state index is 1.18. The molecular weight excluding hydrogens is 196 g/mol. The van der Waals surface area contributed by atoms with Crippen LogP contribution in [0.1, 0.15) is 17.5 Å². The standard InChI is InChI=1S/C11H15ClSi/c1-10-5-2-3-6-11(10)9-13(12)7-4-8-13/h2-3,5-6H,4,7-9H2,1H3. The third-order valence-corrected chi connectivity index (χ3v) is 8.07. The minimum Gasteiger partial charge on any atom is -0.167 e. The first-order chi connectivity index (χ1) is 6.20. The van der Waals surface area contributed by atoms with E-state index in [-0.39, 0.29) is 0 Å². The molecule has 13 heavy (non-hydrogen) atoms. The van der Waals surface area contributed by atoms with Crippen LogP contribution in [0.2, 0.25) is 12.1 Å². The van der Waals surface area contributed by atoms with Gasteiger partial charge in [0.1, 0.15) is 0 Å². The zero-order chi connectivity index (χ0) is 9.31. The van der Waals surface area contributed by atoms with Gasteiger partial charge in [0.25, 0.3) is 0 Å². The maximum absolute atomic E-state index is 6.55. The van der Waals surface area contributed by atoms with Gasteiger partial charge in [-0.25, -0.2) is 0 Å². The van der Waals surface area contributed by atoms with E-state index in [4.69, 9.17) is 11.1 Å². The summed E-state index contributed by atoms with van der Waals surface area (Å²) >= 11 is 6.55. The molecule has 0 atom stereocenters. The van der Waals surface area contributed by atoms with Gasteiger partial charge in [-0.2, -0.15) is 11.1 Å².